The van der Waals surface area contributed by atoms with Crippen LogP contribution in [0.15, 0.2) is 52.7 Å². The first kappa shape index (κ1) is 24.5. The molecule has 1 amide bonds. The molecule has 10 heteroatoms. The average Bonchev–Trinajstić information content (AvgIpc) is 3.33. The molecule has 3 rings (SSSR count). The second-order valence-electron chi connectivity index (χ2n) is 7.08. The van der Waals surface area contributed by atoms with Crippen molar-refractivity contribution in [2.45, 2.75) is 17.1 Å². The molecule has 0 saturated heterocycles. The molecule has 176 valence electrons. The minimum atomic E-state index is -3.92. The summed E-state index contributed by atoms with van der Waals surface area (Å²) in [5, 5.41) is 3.40. The summed E-state index contributed by atoms with van der Waals surface area (Å²) in [6.45, 7) is 1.31. The summed E-state index contributed by atoms with van der Waals surface area (Å²) in [5.41, 5.74) is 0.437. The number of rotatable bonds is 9. The first-order valence-corrected chi connectivity index (χ1v) is 12.3. The van der Waals surface area contributed by atoms with Gasteiger partial charge < -0.3 is 19.5 Å². The van der Waals surface area contributed by atoms with Gasteiger partial charge in [-0.2, -0.15) is 0 Å². The molecule has 1 N–H and O–H groups in total. The number of carbonyl (C=O) groups excluding carboxylic acids is 1. The van der Waals surface area contributed by atoms with Gasteiger partial charge in [0.05, 0.1) is 26.2 Å². The number of methoxy groups -OCH3 is 3. The highest BCUT2D eigenvalue weighted by atomic mass is 32.2. The maximum Gasteiger partial charge on any atom is 0.251 e. The maximum absolute atomic E-state index is 13.7. The average molecular weight is 494 g/mol. The van der Waals surface area contributed by atoms with E-state index in [4.69, 9.17) is 14.2 Å². The fourth-order valence-corrected chi connectivity index (χ4v) is 6.16. The van der Waals surface area contributed by atoms with Gasteiger partial charge in [0.2, 0.25) is 5.75 Å². The molecule has 0 spiro atoms. The van der Waals surface area contributed by atoms with Crippen molar-refractivity contribution < 1.29 is 31.8 Å². The number of nitrogens with one attached hydrogen (secondary N) is 1. The molecule has 0 aliphatic heterocycles. The normalized spacial score (nSPS) is 12.2. The molecule has 33 heavy (non-hydrogen) atoms. The van der Waals surface area contributed by atoms with E-state index in [1.54, 1.807) is 17.5 Å². The van der Waals surface area contributed by atoms with Crippen LogP contribution in [0.25, 0.3) is 0 Å². The number of aryl methyl sites for hydroxylation is 1. The molecule has 0 fully saturated rings. The molecule has 0 radical (unpaired) electrons. The van der Waals surface area contributed by atoms with E-state index in [0.29, 0.717) is 22.1 Å². The predicted molar refractivity (Wildman–Crippen MR) is 124 cm³/mol. The largest absolute Gasteiger partial charge is 0.493 e. The highest BCUT2D eigenvalue weighted by molar-refractivity contribution is 7.91. The van der Waals surface area contributed by atoms with Crippen LogP contribution >= 0.6 is 11.3 Å². The van der Waals surface area contributed by atoms with E-state index in [9.17, 15) is 17.6 Å². The zero-order chi connectivity index (χ0) is 24.2. The molecule has 7 nitrogen and oxygen atoms in total. The van der Waals surface area contributed by atoms with Gasteiger partial charge in [0.1, 0.15) is 11.1 Å². The lowest BCUT2D eigenvalue weighted by atomic mass is 10.1. The Bertz CT molecular complexity index is 1220. The Morgan fingerprint density at radius 1 is 1.06 bits per heavy atom. The van der Waals surface area contributed by atoms with Crippen LogP contribution in [0.4, 0.5) is 4.39 Å². The Balaban J connectivity index is 1.91. The number of thiophene rings is 1. The number of hydrogen-bond donors (Lipinski definition) is 1. The highest BCUT2D eigenvalue weighted by Gasteiger charge is 2.31. The van der Waals surface area contributed by atoms with E-state index in [0.717, 1.165) is 6.07 Å². The van der Waals surface area contributed by atoms with Crippen LogP contribution in [0, 0.1) is 12.7 Å². The number of amides is 1. The number of carbonyl (C=O) groups is 1. The lowest BCUT2D eigenvalue weighted by molar-refractivity contribution is 0.0953. The van der Waals surface area contributed by atoms with Crippen LogP contribution in [-0.4, -0.2) is 42.2 Å². The Labute approximate surface area is 196 Å². The highest BCUT2D eigenvalue weighted by Crippen LogP contribution is 2.38. The summed E-state index contributed by atoms with van der Waals surface area (Å²) < 4.78 is 56.3. The number of ether oxygens (including phenoxy) is 3. The van der Waals surface area contributed by atoms with Gasteiger partial charge in [0.25, 0.3) is 5.91 Å². The molecule has 0 aliphatic rings. The quantitative estimate of drug-likeness (QED) is 0.450. The second kappa shape index (κ2) is 10.2. The van der Waals surface area contributed by atoms with Gasteiger partial charge in [-0.15, -0.1) is 11.3 Å². The van der Waals surface area contributed by atoms with Gasteiger partial charge >= 0.3 is 0 Å². The van der Waals surface area contributed by atoms with Crippen molar-refractivity contribution >= 4 is 27.1 Å². The first-order chi connectivity index (χ1) is 15.7. The summed E-state index contributed by atoms with van der Waals surface area (Å²) in [5.74, 6) is -0.0710. The van der Waals surface area contributed by atoms with Crippen molar-refractivity contribution in [1.82, 2.24) is 5.32 Å². The topological polar surface area (TPSA) is 90.9 Å². The van der Waals surface area contributed by atoms with Gasteiger partial charge in [-0.05, 0) is 54.3 Å². The van der Waals surface area contributed by atoms with Crippen molar-refractivity contribution in [3.8, 4) is 17.2 Å². The van der Waals surface area contributed by atoms with E-state index >= 15 is 0 Å². The third kappa shape index (κ3) is 5.12. The van der Waals surface area contributed by atoms with Gasteiger partial charge in [0, 0.05) is 17.0 Å². The van der Waals surface area contributed by atoms with Gasteiger partial charge in [-0.25, -0.2) is 12.8 Å². The zero-order valence-electron chi connectivity index (χ0n) is 18.5. The maximum atomic E-state index is 13.7. The predicted octanol–water partition coefficient (Wildman–Crippen LogP) is 4.17. The van der Waals surface area contributed by atoms with Crippen LogP contribution in [0.2, 0.25) is 0 Å². The molecular weight excluding hydrogens is 469 g/mol. The zero-order valence-corrected chi connectivity index (χ0v) is 20.2. The minimum absolute atomic E-state index is 0.0122. The van der Waals surface area contributed by atoms with E-state index in [1.165, 1.54) is 63.9 Å². The summed E-state index contributed by atoms with van der Waals surface area (Å²) >= 11 is 1.26. The lowest BCUT2D eigenvalue weighted by Crippen LogP contribution is -2.31. The third-order valence-electron chi connectivity index (χ3n) is 5.07. The van der Waals surface area contributed by atoms with E-state index < -0.39 is 26.8 Å². The van der Waals surface area contributed by atoms with Crippen molar-refractivity contribution in [2.75, 3.05) is 27.9 Å². The van der Waals surface area contributed by atoms with Crippen LogP contribution in [0.5, 0.6) is 17.2 Å². The number of benzene rings is 2. The smallest absolute Gasteiger partial charge is 0.251 e. The first-order valence-electron chi connectivity index (χ1n) is 9.84. The van der Waals surface area contributed by atoms with Crippen LogP contribution in [0.1, 0.15) is 26.0 Å². The molecule has 0 aliphatic carbocycles. The SMILES string of the molecule is COc1cc(C(=O)NC[C@H](c2cccs2)S(=O)(=O)c2ccc(F)c(C)c2)cc(OC)c1OC. The Morgan fingerprint density at radius 3 is 2.24 bits per heavy atom. The molecule has 0 unspecified atom stereocenters. The summed E-state index contributed by atoms with van der Waals surface area (Å²) in [6.07, 6.45) is 0. The van der Waals surface area contributed by atoms with Crippen molar-refractivity contribution in [3.63, 3.8) is 0 Å². The van der Waals surface area contributed by atoms with Crippen molar-refractivity contribution in [3.05, 3.63) is 69.7 Å². The van der Waals surface area contributed by atoms with Gasteiger partial charge in [-0.3, -0.25) is 4.79 Å². The Kier molecular flexibility index (Phi) is 7.60. The Morgan fingerprint density at radius 2 is 1.73 bits per heavy atom. The van der Waals surface area contributed by atoms with E-state index in [1.807, 2.05) is 0 Å². The van der Waals surface area contributed by atoms with Crippen molar-refractivity contribution in [2.24, 2.45) is 0 Å². The molecule has 1 aromatic heterocycles. The number of hydrogen-bond acceptors (Lipinski definition) is 7. The van der Waals surface area contributed by atoms with E-state index in [2.05, 4.69) is 5.32 Å². The van der Waals surface area contributed by atoms with Crippen LogP contribution in [0.3, 0.4) is 0 Å². The minimum Gasteiger partial charge on any atom is -0.493 e. The third-order valence-corrected chi connectivity index (χ3v) is 8.28. The van der Waals surface area contributed by atoms with Gasteiger partial charge in [0.15, 0.2) is 21.3 Å². The second-order valence-corrected chi connectivity index (χ2v) is 10.2. The van der Waals surface area contributed by atoms with Crippen LogP contribution in [-0.2, 0) is 9.84 Å². The molecule has 1 heterocycles. The molecule has 3 aromatic rings. The fourth-order valence-electron chi connectivity index (χ4n) is 3.30. The number of sulfone groups is 1. The lowest BCUT2D eigenvalue weighted by Gasteiger charge is -2.19. The molecule has 1 atom stereocenters. The number of halogens is 1. The van der Waals surface area contributed by atoms with Crippen molar-refractivity contribution in [1.29, 1.82) is 0 Å². The van der Waals surface area contributed by atoms with Crippen LogP contribution < -0.4 is 19.5 Å². The molecule has 2 aromatic carbocycles. The molecule has 0 bridgehead atoms. The summed E-state index contributed by atoms with van der Waals surface area (Å²) in [6, 6.07) is 10.0. The summed E-state index contributed by atoms with van der Waals surface area (Å²) in [7, 11) is 0.401. The molecule has 0 saturated carbocycles. The summed E-state index contributed by atoms with van der Waals surface area (Å²) in [4.78, 5) is 13.5. The Hall–Kier alpha value is -3.11. The monoisotopic (exact) mass is 493 g/mol. The van der Waals surface area contributed by atoms with E-state index in [-0.39, 0.29) is 22.6 Å². The fraction of sp³-hybridized carbons (Fsp3) is 0.261. The standard InChI is InChI=1S/C23H24FNO6S2/c1-14-10-16(7-8-17(14)24)33(27,28)21(20-6-5-9-32-20)13-25-23(26)15-11-18(29-2)22(31-4)19(12-15)30-3/h5-12,21H,13H2,1-4H3,(H,25,26)/t21-/m1/s1. The molecular formula is C23H24FNO6S2. The van der Waals surface area contributed by atoms with Gasteiger partial charge in [-0.1, -0.05) is 6.07 Å².